The molecule has 1 saturated heterocycles. The molecule has 9 heteroatoms. The van der Waals surface area contributed by atoms with E-state index in [-0.39, 0.29) is 17.6 Å². The Morgan fingerprint density at radius 1 is 1.32 bits per heavy atom. The van der Waals surface area contributed by atoms with Gasteiger partial charge in [0.2, 0.25) is 10.0 Å². The summed E-state index contributed by atoms with van der Waals surface area (Å²) in [5.41, 5.74) is -0.709. The van der Waals surface area contributed by atoms with Crippen LogP contribution < -0.4 is 0 Å². The predicted octanol–water partition coefficient (Wildman–Crippen LogP) is 1.43. The van der Waals surface area contributed by atoms with Crippen LogP contribution >= 0.6 is 0 Å². The summed E-state index contributed by atoms with van der Waals surface area (Å²) in [7, 11) is -3.28. The highest BCUT2D eigenvalue weighted by Crippen LogP contribution is 2.41. The number of ether oxygens (including phenoxy) is 1. The van der Waals surface area contributed by atoms with Gasteiger partial charge in [0.1, 0.15) is 11.4 Å². The van der Waals surface area contributed by atoms with E-state index in [2.05, 4.69) is 4.98 Å². The minimum Gasteiger partial charge on any atom is -0.352 e. The van der Waals surface area contributed by atoms with Gasteiger partial charge in [-0.3, -0.25) is 4.79 Å². The van der Waals surface area contributed by atoms with E-state index in [1.165, 1.54) is 0 Å². The van der Waals surface area contributed by atoms with Gasteiger partial charge in [-0.1, -0.05) is 13.8 Å². The summed E-state index contributed by atoms with van der Waals surface area (Å²) in [4.78, 5) is 19.2. The smallest absolute Gasteiger partial charge is 0.253 e. The molecule has 3 rings (SSSR count). The molecule has 1 aromatic rings. The number of sulfonamides is 1. The molecule has 1 aromatic heterocycles. The number of carbonyl (C=O) groups is 1. The summed E-state index contributed by atoms with van der Waals surface area (Å²) >= 11 is 0. The molecule has 158 valence electrons. The molecule has 0 N–H and O–H groups in total. The molecular formula is C19H32N4O4S. The molecule has 8 nitrogen and oxygen atoms in total. The monoisotopic (exact) mass is 412 g/mol. The number of imidazole rings is 1. The second-order valence-corrected chi connectivity index (χ2v) is 10.1. The fraction of sp³-hybridized carbons (Fsp3) is 0.789. The van der Waals surface area contributed by atoms with E-state index in [1.807, 2.05) is 38.5 Å². The third-order valence-corrected chi connectivity index (χ3v) is 7.91. The van der Waals surface area contributed by atoms with Gasteiger partial charge in [-0.05, 0) is 32.6 Å². The van der Waals surface area contributed by atoms with E-state index in [4.69, 9.17) is 4.74 Å². The predicted molar refractivity (Wildman–Crippen MR) is 106 cm³/mol. The molecule has 0 bridgehead atoms. The van der Waals surface area contributed by atoms with Crippen molar-refractivity contribution in [3.8, 4) is 0 Å². The molecule has 1 fully saturated rings. The average molecular weight is 413 g/mol. The van der Waals surface area contributed by atoms with Gasteiger partial charge in [-0.15, -0.1) is 0 Å². The first-order valence-corrected chi connectivity index (χ1v) is 11.8. The Labute approximate surface area is 167 Å². The van der Waals surface area contributed by atoms with Crippen LogP contribution in [0.4, 0.5) is 0 Å². The van der Waals surface area contributed by atoms with Crippen molar-refractivity contribution in [2.45, 2.75) is 58.8 Å². The van der Waals surface area contributed by atoms with Crippen LogP contribution in [0.15, 0.2) is 12.4 Å². The second kappa shape index (κ2) is 8.12. The number of aromatic nitrogens is 2. The van der Waals surface area contributed by atoms with Crippen molar-refractivity contribution < 1.29 is 17.9 Å². The number of likely N-dealkylation sites (N-methyl/N-ethyl adjacent to an activating group) is 1. The van der Waals surface area contributed by atoms with Crippen LogP contribution in [-0.2, 0) is 31.7 Å². The standard InChI is InChI=1S/C19H32N4O4S/c1-5-21(6-2)17(24)16-13-22-12-9-20-18(22)19(27-16)7-10-23(11-8-19)28(25,26)14-15(3)4/h9,12,15-16H,5-8,10-11,13-14H2,1-4H3/t16-/m1/s1. The van der Waals surface area contributed by atoms with E-state index in [1.54, 1.807) is 15.4 Å². The van der Waals surface area contributed by atoms with Gasteiger partial charge in [0.05, 0.1) is 12.3 Å². The lowest BCUT2D eigenvalue weighted by atomic mass is 9.89. The molecule has 0 radical (unpaired) electrons. The zero-order valence-corrected chi connectivity index (χ0v) is 18.1. The first kappa shape index (κ1) is 21.3. The van der Waals surface area contributed by atoms with E-state index in [0.717, 1.165) is 5.82 Å². The zero-order valence-electron chi connectivity index (χ0n) is 17.3. The number of hydrogen-bond donors (Lipinski definition) is 0. The number of rotatable bonds is 6. The lowest BCUT2D eigenvalue weighted by Gasteiger charge is -2.45. The van der Waals surface area contributed by atoms with Gasteiger partial charge in [-0.2, -0.15) is 0 Å². The highest BCUT2D eigenvalue weighted by Gasteiger charge is 2.48. The Morgan fingerprint density at radius 3 is 2.54 bits per heavy atom. The molecule has 2 aliphatic heterocycles. The maximum Gasteiger partial charge on any atom is 0.253 e. The molecule has 1 amide bonds. The lowest BCUT2D eigenvalue weighted by Crippen LogP contribution is -2.55. The molecule has 28 heavy (non-hydrogen) atoms. The number of fused-ring (bicyclic) bond motifs is 2. The fourth-order valence-corrected chi connectivity index (χ4v) is 6.05. The Balaban J connectivity index is 1.81. The quantitative estimate of drug-likeness (QED) is 0.706. The van der Waals surface area contributed by atoms with Crippen LogP contribution in [-0.4, -0.2) is 71.1 Å². The molecule has 0 unspecified atom stereocenters. The number of carbonyl (C=O) groups excluding carboxylic acids is 1. The van der Waals surface area contributed by atoms with Gasteiger partial charge < -0.3 is 14.2 Å². The van der Waals surface area contributed by atoms with Crippen LogP contribution in [0.5, 0.6) is 0 Å². The molecule has 0 saturated carbocycles. The van der Waals surface area contributed by atoms with Crippen molar-refractivity contribution in [1.29, 1.82) is 0 Å². The average Bonchev–Trinajstić information content (AvgIpc) is 3.11. The summed E-state index contributed by atoms with van der Waals surface area (Å²) in [5, 5.41) is 0. The molecular weight excluding hydrogens is 380 g/mol. The minimum absolute atomic E-state index is 0.0152. The van der Waals surface area contributed by atoms with E-state index in [0.29, 0.717) is 45.6 Å². The minimum atomic E-state index is -3.28. The van der Waals surface area contributed by atoms with Crippen LogP contribution in [0.2, 0.25) is 0 Å². The zero-order chi connectivity index (χ0) is 20.5. The molecule has 1 spiro atoms. The van der Waals surface area contributed by atoms with Crippen molar-refractivity contribution in [3.05, 3.63) is 18.2 Å². The third kappa shape index (κ3) is 3.97. The van der Waals surface area contributed by atoms with Gasteiger partial charge in [0, 0.05) is 38.6 Å². The Bertz CT molecular complexity index is 793. The van der Waals surface area contributed by atoms with Gasteiger partial charge in [-0.25, -0.2) is 17.7 Å². The molecule has 2 aliphatic rings. The molecule has 0 aromatic carbocycles. The van der Waals surface area contributed by atoms with E-state index in [9.17, 15) is 13.2 Å². The van der Waals surface area contributed by atoms with Gasteiger partial charge in [0.25, 0.3) is 5.91 Å². The number of amides is 1. The first-order valence-electron chi connectivity index (χ1n) is 10.2. The normalized spacial score (nSPS) is 22.4. The fourth-order valence-electron chi connectivity index (χ4n) is 4.26. The van der Waals surface area contributed by atoms with E-state index < -0.39 is 21.7 Å². The maximum absolute atomic E-state index is 12.9. The largest absolute Gasteiger partial charge is 0.352 e. The highest BCUT2D eigenvalue weighted by molar-refractivity contribution is 7.89. The SMILES string of the molecule is CCN(CC)C(=O)[C@H]1Cn2ccnc2C2(CCN(S(=O)(=O)CC(C)C)CC2)O1. The Kier molecular flexibility index (Phi) is 6.17. The first-order chi connectivity index (χ1) is 13.2. The van der Waals surface area contributed by atoms with Gasteiger partial charge >= 0.3 is 0 Å². The van der Waals surface area contributed by atoms with Gasteiger partial charge in [0.15, 0.2) is 6.10 Å². The number of nitrogens with zero attached hydrogens (tertiary/aromatic N) is 4. The Hall–Kier alpha value is -1.45. The summed E-state index contributed by atoms with van der Waals surface area (Å²) in [6.07, 6.45) is 4.05. The summed E-state index contributed by atoms with van der Waals surface area (Å²) in [5.74, 6) is 1.02. The van der Waals surface area contributed by atoms with Crippen molar-refractivity contribution >= 4 is 15.9 Å². The van der Waals surface area contributed by atoms with Crippen molar-refractivity contribution in [2.24, 2.45) is 5.92 Å². The van der Waals surface area contributed by atoms with Crippen molar-refractivity contribution in [3.63, 3.8) is 0 Å². The summed E-state index contributed by atoms with van der Waals surface area (Å²) < 4.78 is 35.2. The molecule has 0 aliphatic carbocycles. The second-order valence-electron chi connectivity index (χ2n) is 8.09. The number of hydrogen-bond acceptors (Lipinski definition) is 5. The summed E-state index contributed by atoms with van der Waals surface area (Å²) in [6, 6.07) is 0. The molecule has 3 heterocycles. The third-order valence-electron chi connectivity index (χ3n) is 5.67. The van der Waals surface area contributed by atoms with Crippen molar-refractivity contribution in [2.75, 3.05) is 31.9 Å². The number of piperidine rings is 1. The maximum atomic E-state index is 12.9. The van der Waals surface area contributed by atoms with Crippen LogP contribution in [0.25, 0.3) is 0 Å². The van der Waals surface area contributed by atoms with Crippen LogP contribution in [0.3, 0.4) is 0 Å². The Morgan fingerprint density at radius 2 is 1.96 bits per heavy atom. The van der Waals surface area contributed by atoms with E-state index >= 15 is 0 Å². The lowest BCUT2D eigenvalue weighted by molar-refractivity contribution is -0.178. The highest BCUT2D eigenvalue weighted by atomic mass is 32.2. The molecule has 1 atom stereocenters. The van der Waals surface area contributed by atoms with Crippen molar-refractivity contribution in [1.82, 2.24) is 18.8 Å². The van der Waals surface area contributed by atoms with Crippen LogP contribution in [0, 0.1) is 5.92 Å². The van der Waals surface area contributed by atoms with Crippen LogP contribution in [0.1, 0.15) is 46.4 Å². The summed E-state index contributed by atoms with van der Waals surface area (Å²) in [6.45, 7) is 10.2. The topological polar surface area (TPSA) is 84.7 Å².